The van der Waals surface area contributed by atoms with Gasteiger partial charge in [0, 0.05) is 6.42 Å². The molecule has 262 valence electrons. The van der Waals surface area contributed by atoms with Crippen LogP contribution in [0.5, 0.6) is 0 Å². The van der Waals surface area contributed by atoms with Gasteiger partial charge in [0.05, 0.1) is 27.7 Å². The van der Waals surface area contributed by atoms with E-state index in [2.05, 4.69) is 60.1 Å². The molecule has 0 amide bonds. The minimum Gasteiger partial charge on any atom is -0.756 e. The van der Waals surface area contributed by atoms with Gasteiger partial charge in [-0.3, -0.25) is 9.36 Å². The number of phosphoric ester groups is 1. The highest BCUT2D eigenvalue weighted by Crippen LogP contribution is 2.38. The van der Waals surface area contributed by atoms with Crippen LogP contribution in [0.1, 0.15) is 122 Å². The highest BCUT2D eigenvalue weighted by molar-refractivity contribution is 7.45. The molecule has 0 radical (unpaired) electrons. The predicted molar refractivity (Wildman–Crippen MR) is 185 cm³/mol. The zero-order valence-corrected chi connectivity index (χ0v) is 29.9. The molecule has 2 atom stereocenters. The second-order valence-electron chi connectivity index (χ2n) is 12.7. The van der Waals surface area contributed by atoms with E-state index in [1.54, 1.807) is 0 Å². The predicted octanol–water partition coefficient (Wildman–Crippen LogP) is 8.36. The number of hydrogen-bond acceptors (Lipinski definition) is 7. The lowest BCUT2D eigenvalue weighted by molar-refractivity contribution is -0.870. The number of hydrogen-bond donors (Lipinski definition) is 1. The van der Waals surface area contributed by atoms with Crippen molar-refractivity contribution in [2.24, 2.45) is 0 Å². The summed E-state index contributed by atoms with van der Waals surface area (Å²) in [5.41, 5.74) is 0. The normalized spacial score (nSPS) is 14.7. The van der Waals surface area contributed by atoms with Crippen LogP contribution in [0.25, 0.3) is 0 Å². The van der Waals surface area contributed by atoms with Gasteiger partial charge in [0.1, 0.15) is 25.9 Å². The molecule has 0 spiro atoms. The SMILES string of the molecule is CC/C=C\C/C=C\C/C=C\C/C=C\CCCCCCCCCCCCCCC(=O)OCC(O)COP(=O)([O-])OCC[N+](C)(C)C. The van der Waals surface area contributed by atoms with Crippen LogP contribution in [0.4, 0.5) is 0 Å². The summed E-state index contributed by atoms with van der Waals surface area (Å²) in [4.78, 5) is 23.6. The van der Waals surface area contributed by atoms with Crippen molar-refractivity contribution in [3.8, 4) is 0 Å². The number of esters is 1. The van der Waals surface area contributed by atoms with Gasteiger partial charge in [-0.25, -0.2) is 0 Å². The summed E-state index contributed by atoms with van der Waals surface area (Å²) < 4.78 is 26.8. The summed E-state index contributed by atoms with van der Waals surface area (Å²) in [7, 11) is 1.24. The van der Waals surface area contributed by atoms with Gasteiger partial charge in [0.25, 0.3) is 7.82 Å². The van der Waals surface area contributed by atoms with E-state index < -0.39 is 26.5 Å². The first-order valence-electron chi connectivity index (χ1n) is 17.4. The first-order valence-corrected chi connectivity index (χ1v) is 18.9. The third kappa shape index (κ3) is 35.2. The van der Waals surface area contributed by atoms with Crippen molar-refractivity contribution in [1.29, 1.82) is 0 Å². The zero-order chi connectivity index (χ0) is 33.5. The summed E-state index contributed by atoms with van der Waals surface area (Å²) >= 11 is 0. The fraction of sp³-hybridized carbons (Fsp3) is 0.750. The van der Waals surface area contributed by atoms with E-state index in [4.69, 9.17) is 9.26 Å². The molecule has 0 aliphatic heterocycles. The molecule has 0 aliphatic rings. The van der Waals surface area contributed by atoms with Crippen LogP contribution >= 0.6 is 7.82 Å². The van der Waals surface area contributed by atoms with Crippen LogP contribution in [0.3, 0.4) is 0 Å². The van der Waals surface area contributed by atoms with Crippen LogP contribution in [-0.2, 0) is 23.1 Å². The van der Waals surface area contributed by atoms with Crippen LogP contribution in [-0.4, -0.2) is 69.2 Å². The molecule has 0 saturated heterocycles. The lowest BCUT2D eigenvalue weighted by Gasteiger charge is -2.27. The number of phosphoric acid groups is 1. The van der Waals surface area contributed by atoms with Gasteiger partial charge >= 0.3 is 5.97 Å². The van der Waals surface area contributed by atoms with Gasteiger partial charge < -0.3 is 28.3 Å². The Morgan fingerprint density at radius 2 is 1.18 bits per heavy atom. The minimum atomic E-state index is -4.50. The maximum absolute atomic E-state index is 11.9. The molecule has 0 bridgehead atoms. The minimum absolute atomic E-state index is 0.00995. The van der Waals surface area contributed by atoms with Crippen molar-refractivity contribution in [2.75, 3.05) is 47.5 Å². The van der Waals surface area contributed by atoms with Gasteiger partial charge in [0.2, 0.25) is 0 Å². The molecular weight excluding hydrogens is 589 g/mol. The maximum atomic E-state index is 11.9. The number of quaternary nitrogens is 1. The molecule has 8 nitrogen and oxygen atoms in total. The smallest absolute Gasteiger partial charge is 0.305 e. The lowest BCUT2D eigenvalue weighted by Crippen LogP contribution is -2.37. The first kappa shape index (κ1) is 43.5. The van der Waals surface area contributed by atoms with Crippen LogP contribution in [0.15, 0.2) is 48.6 Å². The average molecular weight is 656 g/mol. The molecule has 0 aromatic heterocycles. The molecule has 0 rings (SSSR count). The number of nitrogens with zero attached hydrogens (tertiary/aromatic N) is 1. The summed E-state index contributed by atoms with van der Waals surface area (Å²) in [5, 5.41) is 9.85. The molecule has 0 aromatic carbocycles. The molecule has 0 aliphatic carbocycles. The number of likely N-dealkylation sites (N-methyl/N-ethyl adjacent to an activating group) is 1. The van der Waals surface area contributed by atoms with Crippen molar-refractivity contribution in [3.63, 3.8) is 0 Å². The molecule has 0 heterocycles. The molecule has 9 heteroatoms. The topological polar surface area (TPSA) is 105 Å². The largest absolute Gasteiger partial charge is 0.756 e. The molecule has 45 heavy (non-hydrogen) atoms. The van der Waals surface area contributed by atoms with Crippen molar-refractivity contribution in [1.82, 2.24) is 0 Å². The van der Waals surface area contributed by atoms with Crippen molar-refractivity contribution in [3.05, 3.63) is 48.6 Å². The summed E-state index contributed by atoms with van der Waals surface area (Å²) in [6.45, 7) is 1.83. The Hall–Kier alpha value is -1.54. The monoisotopic (exact) mass is 655 g/mol. The zero-order valence-electron chi connectivity index (χ0n) is 29.0. The van der Waals surface area contributed by atoms with E-state index in [1.165, 1.54) is 64.2 Å². The summed E-state index contributed by atoms with van der Waals surface area (Å²) in [6, 6.07) is 0. The Balaban J connectivity index is 3.48. The Morgan fingerprint density at radius 1 is 0.711 bits per heavy atom. The lowest BCUT2D eigenvalue weighted by atomic mass is 10.0. The second kappa shape index (κ2) is 29.8. The van der Waals surface area contributed by atoms with Gasteiger partial charge in [0.15, 0.2) is 0 Å². The molecule has 2 unspecified atom stereocenters. The van der Waals surface area contributed by atoms with Crippen LogP contribution < -0.4 is 4.89 Å². The van der Waals surface area contributed by atoms with E-state index in [0.29, 0.717) is 17.4 Å². The molecule has 0 saturated carbocycles. The molecular formula is C36H66NO7P. The number of allylic oxidation sites excluding steroid dienone is 8. The number of rotatable bonds is 31. The highest BCUT2D eigenvalue weighted by Gasteiger charge is 2.16. The number of carbonyl (C=O) groups is 1. The van der Waals surface area contributed by atoms with E-state index in [0.717, 1.165) is 44.9 Å². The third-order valence-electron chi connectivity index (χ3n) is 7.09. The van der Waals surface area contributed by atoms with Gasteiger partial charge in [-0.1, -0.05) is 120 Å². The van der Waals surface area contributed by atoms with E-state index >= 15 is 0 Å². The van der Waals surface area contributed by atoms with Gasteiger partial charge in [-0.05, 0) is 44.9 Å². The van der Waals surface area contributed by atoms with Crippen molar-refractivity contribution in [2.45, 2.75) is 129 Å². The number of carbonyl (C=O) groups excluding carboxylic acids is 1. The van der Waals surface area contributed by atoms with E-state index in [-0.39, 0.29) is 13.2 Å². The number of aliphatic hydroxyl groups excluding tert-OH is 1. The number of unbranched alkanes of at least 4 members (excludes halogenated alkanes) is 12. The van der Waals surface area contributed by atoms with E-state index in [9.17, 15) is 19.4 Å². The summed E-state index contributed by atoms with van der Waals surface area (Å²) in [6.07, 6.45) is 36.9. The Labute approximate surface area is 275 Å². The van der Waals surface area contributed by atoms with Gasteiger partial charge in [-0.2, -0.15) is 0 Å². The fourth-order valence-electron chi connectivity index (χ4n) is 4.35. The van der Waals surface area contributed by atoms with Crippen LogP contribution in [0, 0.1) is 0 Å². The fourth-order valence-corrected chi connectivity index (χ4v) is 5.08. The number of aliphatic hydroxyl groups is 1. The Morgan fingerprint density at radius 3 is 1.69 bits per heavy atom. The Bertz CT molecular complexity index is 864. The average Bonchev–Trinajstić information content (AvgIpc) is 2.98. The van der Waals surface area contributed by atoms with Crippen molar-refractivity contribution < 1.29 is 37.6 Å². The van der Waals surface area contributed by atoms with E-state index in [1.807, 2.05) is 21.1 Å². The van der Waals surface area contributed by atoms with Crippen LogP contribution in [0.2, 0.25) is 0 Å². The second-order valence-corrected chi connectivity index (χ2v) is 14.1. The van der Waals surface area contributed by atoms with Gasteiger partial charge in [-0.15, -0.1) is 0 Å². The molecule has 1 N–H and O–H groups in total. The quantitative estimate of drug-likeness (QED) is 0.0263. The Kier molecular flexibility index (Phi) is 28.8. The summed E-state index contributed by atoms with van der Waals surface area (Å²) in [5.74, 6) is -0.392. The molecule has 0 fully saturated rings. The molecule has 0 aromatic rings. The maximum Gasteiger partial charge on any atom is 0.305 e. The van der Waals surface area contributed by atoms with Crippen molar-refractivity contribution >= 4 is 13.8 Å². The first-order chi connectivity index (χ1) is 21.6. The highest BCUT2D eigenvalue weighted by atomic mass is 31.2. The standard InChI is InChI=1S/C36H66NO7P/c1-5-6-7-8-9-10-11-12-13-14-15-16-17-18-19-20-21-22-23-24-25-26-27-28-29-30-36(39)42-33-35(38)34-44-45(40,41)43-32-31-37(2,3)4/h6-7,9-10,12-13,15-16,35,38H,5,8,11,14,17-34H2,1-4H3/b7-6-,10-9-,13-12-,16-15-. The third-order valence-corrected chi connectivity index (χ3v) is 8.06. The number of ether oxygens (including phenoxy) is 1.